The third kappa shape index (κ3) is 5.64. The number of nitrogens with zero attached hydrogens (tertiary/aromatic N) is 1. The van der Waals surface area contributed by atoms with Crippen LogP contribution < -0.4 is 10.8 Å². The molecule has 4 fully saturated rings. The Balaban J connectivity index is 1.12. The Kier molecular flexibility index (Phi) is 8.15. The smallest absolute Gasteiger partial charge is 0.242 e. The molecule has 1 aromatic rings. The van der Waals surface area contributed by atoms with Crippen LogP contribution in [0, 0.1) is 11.3 Å². The maximum absolute atomic E-state index is 13.1. The van der Waals surface area contributed by atoms with Crippen LogP contribution in [-0.4, -0.2) is 54.0 Å². The Morgan fingerprint density at radius 3 is 2.41 bits per heavy atom. The number of piperidine rings is 1. The minimum Gasteiger partial charge on any atom is -0.341 e. The Bertz CT molecular complexity index is 790. The first kappa shape index (κ1) is 24.5. The van der Waals surface area contributed by atoms with E-state index in [1.165, 1.54) is 63.4 Å². The maximum atomic E-state index is 13.1. The van der Waals surface area contributed by atoms with E-state index in [2.05, 4.69) is 41.1 Å². The van der Waals surface area contributed by atoms with E-state index in [9.17, 15) is 4.79 Å². The first-order valence-electron chi connectivity index (χ1n) is 13.7. The molecule has 188 valence electrons. The molecule has 5 nitrogen and oxygen atoms in total. The lowest BCUT2D eigenvalue weighted by molar-refractivity contribution is -0.141. The first-order valence-corrected chi connectivity index (χ1v) is 14.2. The van der Waals surface area contributed by atoms with E-state index in [0.29, 0.717) is 5.92 Å². The van der Waals surface area contributed by atoms with Crippen LogP contribution in [0.3, 0.4) is 0 Å². The number of hydroxylamine groups is 1. The van der Waals surface area contributed by atoms with Crippen molar-refractivity contribution in [2.45, 2.75) is 101 Å². The van der Waals surface area contributed by atoms with Crippen LogP contribution in [0.5, 0.6) is 0 Å². The van der Waals surface area contributed by atoms with Gasteiger partial charge < -0.3 is 10.2 Å². The van der Waals surface area contributed by atoms with Gasteiger partial charge in [0.25, 0.3) is 0 Å². The Labute approximate surface area is 210 Å². The van der Waals surface area contributed by atoms with E-state index in [4.69, 9.17) is 16.4 Å². The van der Waals surface area contributed by atoms with Crippen molar-refractivity contribution in [3.8, 4) is 0 Å². The predicted molar refractivity (Wildman–Crippen MR) is 137 cm³/mol. The van der Waals surface area contributed by atoms with E-state index in [-0.39, 0.29) is 34.9 Å². The lowest BCUT2D eigenvalue weighted by atomic mass is 9.67. The monoisotopic (exact) mass is 487 g/mol. The fourth-order valence-electron chi connectivity index (χ4n) is 6.80. The molecule has 3 aliphatic heterocycles. The van der Waals surface area contributed by atoms with Crippen LogP contribution >= 0.6 is 11.6 Å². The first-order chi connectivity index (χ1) is 16.6. The van der Waals surface area contributed by atoms with Crippen molar-refractivity contribution in [1.29, 1.82) is 0 Å². The molecule has 1 saturated carbocycles. The molecule has 0 bridgehead atoms. The number of likely N-dealkylation sites (tertiary alicyclic amines) is 1. The van der Waals surface area contributed by atoms with Crippen LogP contribution in [0.1, 0.15) is 76.2 Å². The van der Waals surface area contributed by atoms with E-state index < -0.39 is 0 Å². The second-order valence-electron chi connectivity index (χ2n) is 11.4. The molecule has 0 aromatic heterocycles. The van der Waals surface area contributed by atoms with Crippen LogP contribution in [0.2, 0.25) is 0 Å². The maximum Gasteiger partial charge on any atom is 0.242 e. The van der Waals surface area contributed by atoms with Crippen molar-refractivity contribution in [1.82, 2.24) is 15.7 Å². The number of hydrogen-bond acceptors (Lipinski definition) is 4. The molecule has 5 rings (SSSR count). The fraction of sp³-hybridized carbons (Fsp3) is 0.750. The van der Waals surface area contributed by atoms with Gasteiger partial charge in [-0.25, -0.2) is 0 Å². The molecule has 1 amide bonds. The Morgan fingerprint density at radius 1 is 1.03 bits per heavy atom. The van der Waals surface area contributed by atoms with Gasteiger partial charge in [0.05, 0.1) is 11.5 Å². The van der Waals surface area contributed by atoms with Gasteiger partial charge in [0.2, 0.25) is 5.91 Å². The predicted octanol–water partition coefficient (Wildman–Crippen LogP) is 4.83. The standard InChI is InChI=1S/C28H42ClN3O2/c29-26-18-30-24(17-28(26)13-9-4-2-1-3-5-10-14-28)25-16-23(31-34-25)27(33)32-19-22(20-32)15-21-11-7-6-8-12-21/h6-8,11-12,22-26,30-31H,1-5,9-10,13-20H2. The molecule has 4 unspecified atom stereocenters. The summed E-state index contributed by atoms with van der Waals surface area (Å²) in [4.78, 5) is 21.1. The highest BCUT2D eigenvalue weighted by atomic mass is 35.5. The number of halogens is 1. The summed E-state index contributed by atoms with van der Waals surface area (Å²) in [6.07, 6.45) is 14.8. The highest BCUT2D eigenvalue weighted by molar-refractivity contribution is 6.21. The third-order valence-corrected chi connectivity index (χ3v) is 9.53. The summed E-state index contributed by atoms with van der Waals surface area (Å²) in [5.74, 6) is 0.767. The quantitative estimate of drug-likeness (QED) is 0.597. The SMILES string of the molecule is O=C(C1CC(C2CC3(CCCCCCCCC3)C(Cl)CN2)ON1)N1CC(Cc2ccccc2)C1. The van der Waals surface area contributed by atoms with Gasteiger partial charge in [-0.2, -0.15) is 5.48 Å². The van der Waals surface area contributed by atoms with Crippen molar-refractivity contribution < 1.29 is 9.63 Å². The van der Waals surface area contributed by atoms with Crippen molar-refractivity contribution in [2.24, 2.45) is 11.3 Å². The number of carbonyl (C=O) groups is 1. The molecule has 2 N–H and O–H groups in total. The molecule has 34 heavy (non-hydrogen) atoms. The molecule has 0 radical (unpaired) electrons. The van der Waals surface area contributed by atoms with Gasteiger partial charge in [0, 0.05) is 32.1 Å². The fourth-order valence-corrected chi connectivity index (χ4v) is 7.19. The summed E-state index contributed by atoms with van der Waals surface area (Å²) >= 11 is 6.98. The van der Waals surface area contributed by atoms with Gasteiger partial charge in [-0.15, -0.1) is 11.6 Å². The number of rotatable bonds is 4. The molecule has 1 spiro atoms. The van der Waals surface area contributed by atoms with Crippen molar-refractivity contribution in [2.75, 3.05) is 19.6 Å². The molecule has 6 heteroatoms. The molecular formula is C28H42ClN3O2. The van der Waals surface area contributed by atoms with Gasteiger partial charge in [-0.1, -0.05) is 75.3 Å². The van der Waals surface area contributed by atoms with Crippen LogP contribution in [0.25, 0.3) is 0 Å². The molecular weight excluding hydrogens is 446 g/mol. The van der Waals surface area contributed by atoms with E-state index in [0.717, 1.165) is 38.9 Å². The Morgan fingerprint density at radius 2 is 1.71 bits per heavy atom. The highest BCUT2D eigenvalue weighted by Gasteiger charge is 2.47. The van der Waals surface area contributed by atoms with Crippen LogP contribution in [0.4, 0.5) is 0 Å². The summed E-state index contributed by atoms with van der Waals surface area (Å²) in [6, 6.07) is 10.6. The summed E-state index contributed by atoms with van der Waals surface area (Å²) in [5.41, 5.74) is 4.67. The average Bonchev–Trinajstić information content (AvgIpc) is 3.33. The zero-order chi connectivity index (χ0) is 23.4. The lowest BCUT2D eigenvalue weighted by Gasteiger charge is -2.47. The number of nitrogens with one attached hydrogen (secondary N) is 2. The van der Waals surface area contributed by atoms with Gasteiger partial charge in [-0.3, -0.25) is 9.63 Å². The summed E-state index contributed by atoms with van der Waals surface area (Å²) in [5, 5.41) is 3.87. The number of carbonyl (C=O) groups excluding carboxylic acids is 1. The second kappa shape index (κ2) is 11.3. The normalized spacial score (nSPS) is 32.9. The molecule has 4 atom stereocenters. The van der Waals surface area contributed by atoms with E-state index in [1.54, 1.807) is 0 Å². The topological polar surface area (TPSA) is 53.6 Å². The van der Waals surface area contributed by atoms with E-state index in [1.807, 2.05) is 4.90 Å². The number of benzene rings is 1. The van der Waals surface area contributed by atoms with Crippen LogP contribution in [0.15, 0.2) is 30.3 Å². The largest absolute Gasteiger partial charge is 0.341 e. The summed E-state index contributed by atoms with van der Waals surface area (Å²) < 4.78 is 0. The van der Waals surface area contributed by atoms with Gasteiger partial charge >= 0.3 is 0 Å². The minimum absolute atomic E-state index is 0.0341. The van der Waals surface area contributed by atoms with Gasteiger partial charge in [0.15, 0.2) is 0 Å². The third-order valence-electron chi connectivity index (χ3n) is 8.91. The lowest BCUT2D eigenvalue weighted by Crippen LogP contribution is -2.56. The average molecular weight is 488 g/mol. The number of hydrogen-bond donors (Lipinski definition) is 2. The van der Waals surface area contributed by atoms with Gasteiger partial charge in [-0.05, 0) is 42.6 Å². The van der Waals surface area contributed by atoms with Crippen molar-refractivity contribution in [3.63, 3.8) is 0 Å². The molecule has 3 heterocycles. The van der Waals surface area contributed by atoms with Crippen molar-refractivity contribution in [3.05, 3.63) is 35.9 Å². The molecule has 3 saturated heterocycles. The summed E-state index contributed by atoms with van der Waals surface area (Å²) in [7, 11) is 0. The zero-order valence-electron chi connectivity index (χ0n) is 20.5. The minimum atomic E-state index is -0.224. The second-order valence-corrected chi connectivity index (χ2v) is 11.9. The zero-order valence-corrected chi connectivity index (χ0v) is 21.3. The number of amides is 1. The van der Waals surface area contributed by atoms with Gasteiger partial charge in [0.1, 0.15) is 6.04 Å². The van der Waals surface area contributed by atoms with E-state index >= 15 is 0 Å². The molecule has 1 aromatic carbocycles. The highest BCUT2D eigenvalue weighted by Crippen LogP contribution is 2.46. The Hall–Kier alpha value is -1.14. The van der Waals surface area contributed by atoms with Crippen LogP contribution in [-0.2, 0) is 16.1 Å². The molecule has 1 aliphatic carbocycles. The number of alkyl halides is 1. The van der Waals surface area contributed by atoms with Crippen molar-refractivity contribution >= 4 is 17.5 Å². The summed E-state index contributed by atoms with van der Waals surface area (Å²) in [6.45, 7) is 2.56. The molecule has 4 aliphatic rings.